The molecule has 7 atom stereocenters. The minimum atomic E-state index is -5.03. The summed E-state index contributed by atoms with van der Waals surface area (Å²) in [6.07, 6.45) is 1.78. The zero-order valence-electron chi connectivity index (χ0n) is 16.0. The Kier molecular flexibility index (Phi) is 8.04. The van der Waals surface area contributed by atoms with Crippen LogP contribution in [0.3, 0.4) is 0 Å². The Bertz CT molecular complexity index is 904. The number of hydrogen-bond acceptors (Lipinski definition) is 10. The highest BCUT2D eigenvalue weighted by molar-refractivity contribution is 9.12. The first kappa shape index (κ1) is 26.0. The molecule has 0 spiro atoms. The van der Waals surface area contributed by atoms with Crippen molar-refractivity contribution in [2.75, 3.05) is 12.8 Å². The monoisotopic (exact) mass is 551 g/mol. The predicted molar refractivity (Wildman–Crippen MR) is 117 cm³/mol. The third-order valence-electron chi connectivity index (χ3n) is 4.47. The Labute approximate surface area is 182 Å². The van der Waals surface area contributed by atoms with Crippen LogP contribution >= 0.6 is 38.7 Å². The second-order valence-electron chi connectivity index (χ2n) is 7.17. The van der Waals surface area contributed by atoms with Crippen LogP contribution in [0.1, 0.15) is 12.8 Å². The number of nitrogens with zero attached hydrogens (tertiary/aromatic N) is 2. The van der Waals surface area contributed by atoms with Gasteiger partial charge >= 0.3 is 15.4 Å². The van der Waals surface area contributed by atoms with Crippen molar-refractivity contribution in [2.45, 2.75) is 31.1 Å². The number of aliphatic hydroxyl groups is 2. The van der Waals surface area contributed by atoms with E-state index in [0.29, 0.717) is 4.48 Å². The van der Waals surface area contributed by atoms with Crippen LogP contribution in [-0.2, 0) is 17.8 Å². The largest absolute Gasteiger partial charge is 0.484 e. The highest BCUT2D eigenvalue weighted by Gasteiger charge is 2.46. The van der Waals surface area contributed by atoms with Crippen molar-refractivity contribution < 1.29 is 42.6 Å². The number of hydrogen-bond donors (Lipinski definition) is 6. The van der Waals surface area contributed by atoms with E-state index in [1.54, 1.807) is 11.1 Å². The van der Waals surface area contributed by atoms with Gasteiger partial charge in [-0.05, 0) is 34.7 Å². The molecule has 0 aromatic carbocycles. The van der Waals surface area contributed by atoms with Crippen LogP contribution in [0.5, 0.6) is 0 Å². The maximum atomic E-state index is 12.2. The first-order chi connectivity index (χ1) is 13.5. The Morgan fingerprint density at radius 3 is 2.47 bits per heavy atom. The van der Waals surface area contributed by atoms with E-state index in [1.165, 1.54) is 0 Å². The molecule has 0 amide bonds. The van der Waals surface area contributed by atoms with Gasteiger partial charge in [0, 0.05) is 12.9 Å². The summed E-state index contributed by atoms with van der Waals surface area (Å²) in [6, 6.07) is -0.626. The lowest BCUT2D eigenvalue weighted by molar-refractivity contribution is -0.0000635. The molecule has 12 nitrogen and oxygen atoms in total. The van der Waals surface area contributed by atoms with Gasteiger partial charge in [0.25, 0.3) is 0 Å². The van der Waals surface area contributed by atoms with Crippen LogP contribution in [0.15, 0.2) is 28.1 Å². The summed E-state index contributed by atoms with van der Waals surface area (Å²) < 4.78 is 33.1. The third-order valence-corrected chi connectivity index (χ3v) is 9.98. The summed E-state index contributed by atoms with van der Waals surface area (Å²) in [5.74, 6) is -0.163. The minimum Gasteiger partial charge on any atom is -0.390 e. The number of aliphatic hydroxyl groups excluding tert-OH is 2. The molecule has 0 aromatic heterocycles. The average molecular weight is 552 g/mol. The zero-order valence-corrected chi connectivity index (χ0v) is 20.3. The number of aliphatic imine (C=N–C) groups is 1. The molecule has 30 heavy (non-hydrogen) atoms. The van der Waals surface area contributed by atoms with Gasteiger partial charge in [-0.1, -0.05) is 12.9 Å². The second kappa shape index (κ2) is 9.29. The van der Waals surface area contributed by atoms with E-state index in [-0.39, 0.29) is 24.5 Å². The van der Waals surface area contributed by atoms with Gasteiger partial charge in [-0.2, -0.15) is 0 Å². The van der Waals surface area contributed by atoms with E-state index in [9.17, 15) is 34.0 Å². The maximum Gasteiger partial charge on any atom is 0.484 e. The van der Waals surface area contributed by atoms with Crippen molar-refractivity contribution in [1.29, 1.82) is 0 Å². The van der Waals surface area contributed by atoms with E-state index in [0.717, 1.165) is 6.66 Å². The first-order valence-corrected chi connectivity index (χ1v) is 14.9. The summed E-state index contributed by atoms with van der Waals surface area (Å²) in [5, 5.41) is 20.8. The van der Waals surface area contributed by atoms with Crippen molar-refractivity contribution in [2.24, 2.45) is 16.6 Å². The molecular weight excluding hydrogens is 527 g/mol. The van der Waals surface area contributed by atoms with Gasteiger partial charge in [-0.25, -0.2) is 18.2 Å². The Morgan fingerprint density at radius 2 is 1.90 bits per heavy atom. The molecule has 2 rings (SSSR count). The topological polar surface area (TPSA) is 195 Å². The fourth-order valence-corrected chi connectivity index (χ4v) is 7.98. The molecule has 1 aliphatic carbocycles. The van der Waals surface area contributed by atoms with Crippen LogP contribution in [0.25, 0.3) is 0 Å². The summed E-state index contributed by atoms with van der Waals surface area (Å²) in [4.78, 5) is 34.4. The summed E-state index contributed by atoms with van der Waals surface area (Å²) in [6.45, 7) is 4.82. The zero-order chi connectivity index (χ0) is 23.1. The minimum absolute atomic E-state index is 0.102. The number of phosphoric acid groups is 1. The number of halogens is 1. The number of nitrogens with two attached hydrogens (primary N) is 1. The standard InChI is InChI=1S/C14H25BrN3O9P3/c1-8-17-14(16)10(15)7-18(8)11-6-9(12(19)13(11)20)4-5-29(22,23)27-30(24,25)26-28(2,3)21/h7,9,11-13,19-21H,1-2,4-6H2,3H3,(H2,16,17)(H,22,23)(H,24,25)/t9-,11+,12?,13+,28?/m0/s1. The van der Waals surface area contributed by atoms with E-state index in [2.05, 4.69) is 42.4 Å². The lowest BCUT2D eigenvalue weighted by atomic mass is 10.0. The molecule has 1 heterocycles. The molecule has 4 unspecified atom stereocenters. The van der Waals surface area contributed by atoms with Gasteiger partial charge in [-0.3, -0.25) is 4.57 Å². The van der Waals surface area contributed by atoms with E-state index < -0.39 is 53.1 Å². The van der Waals surface area contributed by atoms with E-state index in [4.69, 9.17) is 5.73 Å². The number of amidine groups is 1. The molecule has 1 saturated carbocycles. The molecular formula is C14H25BrN3O9P3. The van der Waals surface area contributed by atoms with Crippen LogP contribution in [0.4, 0.5) is 0 Å². The molecule has 0 aromatic rings. The van der Waals surface area contributed by atoms with Crippen molar-refractivity contribution in [3.05, 3.63) is 23.1 Å². The van der Waals surface area contributed by atoms with Gasteiger partial charge in [0.05, 0.1) is 22.8 Å². The normalized spacial score (nSPS) is 33.3. The SMILES string of the molecule is C=C1N=C(N)C(Br)=CN1[C@@H]1C[C@H](CCP(=O)(O)OP(=O)(O)OP(=C)(C)O)C(O)[C@@H]1O. The van der Waals surface area contributed by atoms with Gasteiger partial charge < -0.3 is 35.5 Å². The van der Waals surface area contributed by atoms with Crippen LogP contribution < -0.4 is 5.73 Å². The van der Waals surface area contributed by atoms with Gasteiger partial charge in [0.1, 0.15) is 25.1 Å². The third kappa shape index (κ3) is 6.85. The Balaban J connectivity index is 2.03. The summed E-state index contributed by atoms with van der Waals surface area (Å²) in [5.41, 5.74) is 5.69. The average Bonchev–Trinajstić information content (AvgIpc) is 2.81. The van der Waals surface area contributed by atoms with Crippen molar-refractivity contribution in [3.63, 3.8) is 0 Å². The van der Waals surface area contributed by atoms with E-state index in [1.807, 2.05) is 0 Å². The highest BCUT2D eigenvalue weighted by Crippen LogP contribution is 2.66. The van der Waals surface area contributed by atoms with Crippen molar-refractivity contribution in [1.82, 2.24) is 4.90 Å². The Morgan fingerprint density at radius 1 is 1.30 bits per heavy atom. The van der Waals surface area contributed by atoms with Gasteiger partial charge in [-0.15, -0.1) is 0 Å². The second-order valence-corrected chi connectivity index (χ2v) is 14.1. The molecule has 2 aliphatic rings. The van der Waals surface area contributed by atoms with Crippen LogP contribution in [0, 0.1) is 5.92 Å². The predicted octanol–water partition coefficient (Wildman–Crippen LogP) is 1.09. The molecule has 1 fully saturated rings. The lowest BCUT2D eigenvalue weighted by Crippen LogP contribution is -2.41. The van der Waals surface area contributed by atoms with Crippen molar-refractivity contribution in [3.8, 4) is 0 Å². The fourth-order valence-electron chi connectivity index (χ4n) is 3.23. The number of rotatable bonds is 8. The molecule has 1 aliphatic heterocycles. The quantitative estimate of drug-likeness (QED) is 0.236. The molecule has 0 radical (unpaired) electrons. The molecule has 0 bridgehead atoms. The molecule has 16 heteroatoms. The van der Waals surface area contributed by atoms with E-state index >= 15 is 0 Å². The summed E-state index contributed by atoms with van der Waals surface area (Å²) >= 11 is 3.23. The highest BCUT2D eigenvalue weighted by atomic mass is 79.9. The smallest absolute Gasteiger partial charge is 0.390 e. The van der Waals surface area contributed by atoms with Crippen molar-refractivity contribution >= 4 is 50.8 Å². The first-order valence-electron chi connectivity index (χ1n) is 8.57. The molecule has 0 saturated heterocycles. The summed E-state index contributed by atoms with van der Waals surface area (Å²) in [7, 11) is -13.1. The van der Waals surface area contributed by atoms with Gasteiger partial charge in [0.15, 0.2) is 0 Å². The van der Waals surface area contributed by atoms with Crippen LogP contribution in [0.2, 0.25) is 0 Å². The maximum absolute atomic E-state index is 12.2. The van der Waals surface area contributed by atoms with Crippen LogP contribution in [-0.4, -0.2) is 73.0 Å². The molecule has 7 N–H and O–H groups in total. The Hall–Kier alpha value is -0.290. The molecule has 172 valence electrons. The fraction of sp³-hybridized carbons (Fsp3) is 0.571. The van der Waals surface area contributed by atoms with Gasteiger partial charge in [0.2, 0.25) is 0 Å². The lowest BCUT2D eigenvalue weighted by Gasteiger charge is -2.32.